The van der Waals surface area contributed by atoms with E-state index in [2.05, 4.69) is 96.4 Å². The molecule has 4 nitrogen and oxygen atoms in total. The second kappa shape index (κ2) is 12.2. The van der Waals surface area contributed by atoms with Gasteiger partial charge in [0.05, 0.1) is 5.69 Å². The van der Waals surface area contributed by atoms with E-state index in [0.29, 0.717) is 24.1 Å². The first-order chi connectivity index (χ1) is 21.7. The number of allylic oxidation sites excluding steroid dienone is 4. The van der Waals surface area contributed by atoms with Gasteiger partial charge >= 0.3 is 0 Å². The van der Waals surface area contributed by atoms with E-state index in [4.69, 9.17) is 15.0 Å². The Hall–Kier alpha value is -5.87. The van der Waals surface area contributed by atoms with Crippen molar-refractivity contribution in [3.05, 3.63) is 170 Å². The zero-order chi connectivity index (χ0) is 29.7. The molecule has 1 aromatic heterocycles. The summed E-state index contributed by atoms with van der Waals surface area (Å²) in [5.74, 6) is 1.82. The van der Waals surface area contributed by atoms with Gasteiger partial charge in [0.25, 0.3) is 0 Å². The highest BCUT2D eigenvalue weighted by Gasteiger charge is 2.23. The van der Waals surface area contributed by atoms with Crippen molar-refractivity contribution < 1.29 is 0 Å². The first kappa shape index (κ1) is 27.0. The molecule has 0 spiro atoms. The van der Waals surface area contributed by atoms with Crippen molar-refractivity contribution in [2.45, 2.75) is 0 Å². The van der Waals surface area contributed by atoms with Crippen molar-refractivity contribution >= 4 is 17.2 Å². The molecule has 1 aliphatic rings. The Labute approximate surface area is 258 Å². The summed E-state index contributed by atoms with van der Waals surface area (Å²) >= 11 is 0. The molecule has 5 aromatic carbocycles. The van der Waals surface area contributed by atoms with Crippen molar-refractivity contribution in [2.24, 2.45) is 0 Å². The third-order valence-corrected chi connectivity index (χ3v) is 7.69. The van der Waals surface area contributed by atoms with Crippen molar-refractivity contribution in [3.8, 4) is 45.0 Å². The molecule has 0 unspecified atom stereocenters. The minimum Gasteiger partial charge on any atom is -0.305 e. The Morgan fingerprint density at radius 3 is 1.70 bits per heavy atom. The Bertz CT molecular complexity index is 1940. The molecule has 6 aromatic rings. The van der Waals surface area contributed by atoms with Crippen LogP contribution in [0.15, 0.2) is 164 Å². The fraction of sp³-hybridized carbons (Fsp3) is 0.0250. The van der Waals surface area contributed by atoms with Crippen LogP contribution in [0.25, 0.3) is 50.6 Å². The number of nitrogens with zero attached hydrogens (tertiary/aromatic N) is 4. The van der Waals surface area contributed by atoms with E-state index in [9.17, 15) is 0 Å². The van der Waals surface area contributed by atoms with E-state index in [-0.39, 0.29) is 0 Å². The van der Waals surface area contributed by atoms with E-state index < -0.39 is 0 Å². The van der Waals surface area contributed by atoms with Crippen molar-refractivity contribution in [1.29, 1.82) is 0 Å². The van der Waals surface area contributed by atoms with E-state index >= 15 is 0 Å². The van der Waals surface area contributed by atoms with Crippen molar-refractivity contribution in [3.63, 3.8) is 0 Å². The summed E-state index contributed by atoms with van der Waals surface area (Å²) < 4.78 is 0. The normalized spacial score (nSPS) is 14.2. The van der Waals surface area contributed by atoms with Gasteiger partial charge in [0, 0.05) is 28.8 Å². The highest BCUT2D eigenvalue weighted by molar-refractivity contribution is 5.93. The molecule has 4 heteroatoms. The van der Waals surface area contributed by atoms with Gasteiger partial charge in [-0.25, -0.2) is 4.98 Å². The molecule has 1 aliphatic heterocycles. The van der Waals surface area contributed by atoms with Crippen LogP contribution >= 0.6 is 0 Å². The predicted molar refractivity (Wildman–Crippen MR) is 182 cm³/mol. The third-order valence-electron chi connectivity index (χ3n) is 7.69. The topological polar surface area (TPSA) is 41.9 Å². The zero-order valence-electron chi connectivity index (χ0n) is 24.2. The molecule has 0 saturated carbocycles. The number of benzene rings is 5. The largest absolute Gasteiger partial charge is 0.305 e. The van der Waals surface area contributed by atoms with Crippen LogP contribution in [0.1, 0.15) is 5.56 Å². The second-order valence-corrected chi connectivity index (χ2v) is 10.6. The smallest absolute Gasteiger partial charge is 0.234 e. The summed E-state index contributed by atoms with van der Waals surface area (Å²) in [7, 11) is 0. The predicted octanol–water partition coefficient (Wildman–Crippen LogP) is 9.82. The lowest BCUT2D eigenvalue weighted by Gasteiger charge is -2.28. The molecular weight excluding hydrogens is 536 g/mol. The summed E-state index contributed by atoms with van der Waals surface area (Å²) in [6.07, 6.45) is 8.28. The Kier molecular flexibility index (Phi) is 7.46. The molecule has 0 aliphatic carbocycles. The van der Waals surface area contributed by atoms with Crippen molar-refractivity contribution in [2.75, 3.05) is 11.4 Å². The molecule has 0 fully saturated rings. The molecule has 7 rings (SSSR count). The third kappa shape index (κ3) is 5.49. The number of rotatable bonds is 5. The number of hydrogen-bond acceptors (Lipinski definition) is 4. The van der Waals surface area contributed by atoms with Crippen LogP contribution in [-0.4, -0.2) is 21.5 Å². The summed E-state index contributed by atoms with van der Waals surface area (Å²) in [5.41, 5.74) is 9.33. The van der Waals surface area contributed by atoms with Gasteiger partial charge < -0.3 is 4.90 Å². The fourth-order valence-electron chi connectivity index (χ4n) is 5.52. The number of fused-ring (bicyclic) bond motifs is 1. The number of anilines is 2. The van der Waals surface area contributed by atoms with E-state index in [0.717, 1.165) is 44.6 Å². The summed E-state index contributed by atoms with van der Waals surface area (Å²) in [4.78, 5) is 17.3. The van der Waals surface area contributed by atoms with Gasteiger partial charge in [-0.1, -0.05) is 158 Å². The van der Waals surface area contributed by atoms with Crippen LogP contribution in [0, 0.1) is 0 Å². The average Bonchev–Trinajstić information content (AvgIpc) is 3.18. The number of aromatic nitrogens is 3. The molecule has 0 saturated heterocycles. The second-order valence-electron chi connectivity index (χ2n) is 10.6. The SMILES string of the molecule is C=C1/C=C\C=C/CN(c2nc(-c3ccccc3)nc(-c3ccccc3)n2)c2c1cccc2-c1cccc(-c2ccccc2)c1. The van der Waals surface area contributed by atoms with E-state index in [1.807, 2.05) is 72.8 Å². The molecule has 0 radical (unpaired) electrons. The quantitative estimate of drug-likeness (QED) is 0.208. The first-order valence-electron chi connectivity index (χ1n) is 14.7. The van der Waals surface area contributed by atoms with Crippen LogP contribution in [0.2, 0.25) is 0 Å². The lowest BCUT2D eigenvalue weighted by molar-refractivity contribution is 0.960. The summed E-state index contributed by atoms with van der Waals surface area (Å²) in [5, 5.41) is 0. The van der Waals surface area contributed by atoms with Gasteiger partial charge in [-0.05, 0) is 28.3 Å². The maximum atomic E-state index is 5.10. The molecule has 0 amide bonds. The maximum Gasteiger partial charge on any atom is 0.234 e. The fourth-order valence-corrected chi connectivity index (χ4v) is 5.52. The highest BCUT2D eigenvalue weighted by Crippen LogP contribution is 2.42. The van der Waals surface area contributed by atoms with Crippen LogP contribution in [-0.2, 0) is 0 Å². The highest BCUT2D eigenvalue weighted by atomic mass is 15.3. The van der Waals surface area contributed by atoms with Crippen LogP contribution in [0.5, 0.6) is 0 Å². The summed E-state index contributed by atoms with van der Waals surface area (Å²) in [6.45, 7) is 5.02. The first-order valence-corrected chi connectivity index (χ1v) is 14.7. The monoisotopic (exact) mass is 566 g/mol. The van der Waals surface area contributed by atoms with Crippen LogP contribution in [0.4, 0.5) is 11.6 Å². The van der Waals surface area contributed by atoms with Crippen molar-refractivity contribution in [1.82, 2.24) is 15.0 Å². The van der Waals surface area contributed by atoms with Gasteiger partial charge in [-0.15, -0.1) is 0 Å². The van der Waals surface area contributed by atoms with Gasteiger partial charge in [-0.3, -0.25) is 0 Å². The summed E-state index contributed by atoms with van der Waals surface area (Å²) in [6, 6.07) is 45.7. The minimum absolute atomic E-state index is 0.562. The van der Waals surface area contributed by atoms with Crippen LogP contribution < -0.4 is 4.90 Å². The van der Waals surface area contributed by atoms with Gasteiger partial charge in [0.1, 0.15) is 0 Å². The number of hydrogen-bond donors (Lipinski definition) is 0. The maximum absolute atomic E-state index is 5.10. The van der Waals surface area contributed by atoms with E-state index in [1.54, 1.807) is 0 Å². The molecule has 0 N–H and O–H groups in total. The lowest BCUT2D eigenvalue weighted by Crippen LogP contribution is -2.22. The molecule has 2 heterocycles. The number of para-hydroxylation sites is 1. The minimum atomic E-state index is 0.562. The lowest BCUT2D eigenvalue weighted by atomic mass is 9.93. The van der Waals surface area contributed by atoms with E-state index in [1.165, 1.54) is 5.56 Å². The Morgan fingerprint density at radius 1 is 0.500 bits per heavy atom. The van der Waals surface area contributed by atoms with Crippen LogP contribution in [0.3, 0.4) is 0 Å². The standard InChI is InChI=1S/C40H30N4/c1-29-16-6-5-13-27-44(40-42-38(31-19-9-3-10-20-31)41-39(43-40)32-21-11-4-12-22-32)37-35(29)25-15-26-36(37)34-24-14-23-33(28-34)30-17-7-2-8-18-30/h2-26,28H,1,27H2/b13-5-,16-6-. The Morgan fingerprint density at radius 2 is 1.05 bits per heavy atom. The molecule has 0 atom stereocenters. The van der Waals surface area contributed by atoms with Gasteiger partial charge in [-0.2, -0.15) is 9.97 Å². The molecule has 210 valence electrons. The molecule has 44 heavy (non-hydrogen) atoms. The van der Waals surface area contributed by atoms with Gasteiger partial charge in [0.15, 0.2) is 11.6 Å². The molecular formula is C40H30N4. The zero-order valence-corrected chi connectivity index (χ0v) is 24.2. The average molecular weight is 567 g/mol. The molecule has 0 bridgehead atoms. The Balaban J connectivity index is 1.46. The van der Waals surface area contributed by atoms with Gasteiger partial charge in [0.2, 0.25) is 5.95 Å².